The molecule has 0 unspecified atom stereocenters. The van der Waals surface area contributed by atoms with E-state index < -0.39 is 0 Å². The number of aromatic nitrogens is 2. The highest BCUT2D eigenvalue weighted by Crippen LogP contribution is 2.32. The molecule has 0 radical (unpaired) electrons. The first-order valence-corrected chi connectivity index (χ1v) is 8.71. The van der Waals surface area contributed by atoms with Crippen LogP contribution in [-0.2, 0) is 0 Å². The fraction of sp³-hybridized carbons (Fsp3) is 0.412. The molecule has 0 amide bonds. The van der Waals surface area contributed by atoms with Crippen LogP contribution in [0, 0.1) is 0 Å². The van der Waals surface area contributed by atoms with Gasteiger partial charge in [0.25, 0.3) is 5.56 Å². The lowest BCUT2D eigenvalue weighted by molar-refractivity contribution is 0.428. The number of nitrogens with two attached hydrogens (primary N) is 1. The van der Waals surface area contributed by atoms with Crippen molar-refractivity contribution in [1.29, 1.82) is 0 Å². The highest BCUT2D eigenvalue weighted by molar-refractivity contribution is 9.10. The van der Waals surface area contributed by atoms with Gasteiger partial charge in [0.2, 0.25) is 5.58 Å². The molecule has 1 saturated carbocycles. The maximum Gasteiger partial charge on any atom is 0.294 e. The minimum absolute atomic E-state index is 0.173. The summed E-state index contributed by atoms with van der Waals surface area (Å²) in [5.41, 5.74) is 6.03. The number of nitrogens with zero attached hydrogens (tertiary/aromatic N) is 1. The van der Waals surface area contributed by atoms with Crippen molar-refractivity contribution >= 4 is 38.0 Å². The topological polar surface area (TPSA) is 84.9 Å². The predicted octanol–water partition coefficient (Wildman–Crippen LogP) is 4.05. The van der Waals surface area contributed by atoms with Crippen LogP contribution in [-0.4, -0.2) is 17.0 Å². The molecule has 4 rings (SSSR count). The van der Waals surface area contributed by atoms with Crippen LogP contribution in [0.5, 0.6) is 0 Å². The summed E-state index contributed by atoms with van der Waals surface area (Å²) in [6.07, 6.45) is 5.92. The van der Waals surface area contributed by atoms with Crippen molar-refractivity contribution in [2.75, 3.05) is 7.05 Å². The van der Waals surface area contributed by atoms with E-state index in [0.717, 1.165) is 28.5 Å². The molecule has 1 aliphatic rings. The van der Waals surface area contributed by atoms with Gasteiger partial charge in [-0.05, 0) is 38.1 Å². The molecule has 5 nitrogen and oxygen atoms in total. The van der Waals surface area contributed by atoms with Gasteiger partial charge in [0.15, 0.2) is 0 Å². The summed E-state index contributed by atoms with van der Waals surface area (Å²) in [5, 5.41) is 0.891. The largest absolute Gasteiger partial charge is 0.449 e. The summed E-state index contributed by atoms with van der Waals surface area (Å²) in [6, 6.07) is 5.72. The first-order valence-electron chi connectivity index (χ1n) is 7.92. The minimum Gasteiger partial charge on any atom is -0.449 e. The number of benzene rings is 1. The Balaban J connectivity index is 0.000000753. The van der Waals surface area contributed by atoms with Gasteiger partial charge in [-0.25, -0.2) is 4.98 Å². The number of hydrogen-bond donors (Lipinski definition) is 2. The Morgan fingerprint density at radius 3 is 2.74 bits per heavy atom. The van der Waals surface area contributed by atoms with Crippen LogP contribution in [0.3, 0.4) is 0 Å². The average Bonchev–Trinajstić information content (AvgIpc) is 2.96. The van der Waals surface area contributed by atoms with Gasteiger partial charge >= 0.3 is 0 Å². The van der Waals surface area contributed by atoms with E-state index in [1.165, 1.54) is 26.3 Å². The Bertz CT molecular complexity index is 879. The highest BCUT2D eigenvalue weighted by atomic mass is 79.9. The van der Waals surface area contributed by atoms with Crippen molar-refractivity contribution in [3.8, 4) is 0 Å². The summed E-state index contributed by atoms with van der Waals surface area (Å²) >= 11 is 3.46. The van der Waals surface area contributed by atoms with E-state index in [4.69, 9.17) is 9.40 Å². The van der Waals surface area contributed by atoms with Gasteiger partial charge in [-0.15, -0.1) is 0 Å². The molecule has 122 valence electrons. The Hall–Kier alpha value is -1.66. The molecule has 3 N–H and O–H groups in total. The first-order chi connectivity index (χ1) is 11.2. The van der Waals surface area contributed by atoms with E-state index in [2.05, 4.69) is 26.6 Å². The molecular formula is C17H20BrN3O2. The van der Waals surface area contributed by atoms with Gasteiger partial charge < -0.3 is 15.1 Å². The van der Waals surface area contributed by atoms with Crippen LogP contribution in [0.15, 0.2) is 31.9 Å². The second-order valence-corrected chi connectivity index (χ2v) is 6.62. The molecule has 0 aliphatic heterocycles. The van der Waals surface area contributed by atoms with Gasteiger partial charge in [0.1, 0.15) is 16.9 Å². The molecule has 0 saturated heterocycles. The Morgan fingerprint density at radius 1 is 1.26 bits per heavy atom. The summed E-state index contributed by atoms with van der Waals surface area (Å²) in [4.78, 5) is 19.9. The van der Waals surface area contributed by atoms with Crippen molar-refractivity contribution in [1.82, 2.24) is 9.97 Å². The SMILES string of the molecule is CN.O=c1[nH]c(C2CCCCC2)nc2c1oc1ccc(Br)cc12. The van der Waals surface area contributed by atoms with Crippen LogP contribution >= 0.6 is 15.9 Å². The third-order valence-corrected chi connectivity index (χ3v) is 4.79. The summed E-state index contributed by atoms with van der Waals surface area (Å²) in [7, 11) is 1.50. The van der Waals surface area contributed by atoms with Gasteiger partial charge in [-0.3, -0.25) is 4.79 Å². The molecule has 2 aromatic heterocycles. The Labute approximate surface area is 142 Å². The zero-order valence-corrected chi connectivity index (χ0v) is 14.6. The molecule has 3 aromatic rings. The van der Waals surface area contributed by atoms with Crippen molar-refractivity contribution in [2.45, 2.75) is 38.0 Å². The maximum absolute atomic E-state index is 12.3. The average molecular weight is 378 g/mol. The number of fused-ring (bicyclic) bond motifs is 3. The van der Waals surface area contributed by atoms with Gasteiger partial charge in [-0.2, -0.15) is 0 Å². The summed E-state index contributed by atoms with van der Waals surface area (Å²) in [6.45, 7) is 0. The van der Waals surface area contributed by atoms with E-state index in [1.807, 2.05) is 18.2 Å². The molecular weight excluding hydrogens is 358 g/mol. The third kappa shape index (κ3) is 3.05. The van der Waals surface area contributed by atoms with E-state index in [1.54, 1.807) is 0 Å². The Kier molecular flexibility index (Phi) is 4.82. The standard InChI is InChI=1S/C16H15BrN2O2.CH5N/c17-10-6-7-12-11(8-10)13-14(21-12)16(20)19-15(18-13)9-4-2-1-3-5-9;1-2/h6-9H,1-5H2,(H,18,19,20);2H2,1H3. The lowest BCUT2D eigenvalue weighted by Gasteiger charge is -2.20. The fourth-order valence-electron chi connectivity index (χ4n) is 3.21. The monoisotopic (exact) mass is 377 g/mol. The predicted molar refractivity (Wildman–Crippen MR) is 95.8 cm³/mol. The van der Waals surface area contributed by atoms with Crippen LogP contribution in [0.25, 0.3) is 22.1 Å². The van der Waals surface area contributed by atoms with Gasteiger partial charge in [0, 0.05) is 15.8 Å². The lowest BCUT2D eigenvalue weighted by Crippen LogP contribution is -2.16. The van der Waals surface area contributed by atoms with Crippen LogP contribution in [0.1, 0.15) is 43.8 Å². The molecule has 0 spiro atoms. The highest BCUT2D eigenvalue weighted by Gasteiger charge is 2.20. The van der Waals surface area contributed by atoms with Crippen LogP contribution in [0.4, 0.5) is 0 Å². The van der Waals surface area contributed by atoms with Crippen molar-refractivity contribution in [3.63, 3.8) is 0 Å². The summed E-state index contributed by atoms with van der Waals surface area (Å²) < 4.78 is 6.61. The van der Waals surface area contributed by atoms with E-state index in [0.29, 0.717) is 22.6 Å². The zero-order chi connectivity index (χ0) is 16.4. The molecule has 0 atom stereocenters. The van der Waals surface area contributed by atoms with Gasteiger partial charge in [-0.1, -0.05) is 35.2 Å². The van der Waals surface area contributed by atoms with Crippen molar-refractivity contribution < 1.29 is 4.42 Å². The van der Waals surface area contributed by atoms with Crippen molar-refractivity contribution in [3.05, 3.63) is 38.9 Å². The van der Waals surface area contributed by atoms with E-state index in [-0.39, 0.29) is 5.56 Å². The second-order valence-electron chi connectivity index (χ2n) is 5.71. The maximum atomic E-state index is 12.3. The second kappa shape index (κ2) is 6.84. The normalized spacial score (nSPS) is 15.6. The molecule has 1 aliphatic carbocycles. The van der Waals surface area contributed by atoms with Gasteiger partial charge in [0.05, 0.1) is 0 Å². The first kappa shape index (κ1) is 16.2. The quantitative estimate of drug-likeness (QED) is 0.669. The number of hydrogen-bond acceptors (Lipinski definition) is 4. The zero-order valence-electron chi connectivity index (χ0n) is 13.1. The molecule has 0 bridgehead atoms. The van der Waals surface area contributed by atoms with Crippen LogP contribution < -0.4 is 11.3 Å². The number of halogens is 1. The van der Waals surface area contributed by atoms with Crippen LogP contribution in [0.2, 0.25) is 0 Å². The molecule has 23 heavy (non-hydrogen) atoms. The number of furan rings is 1. The molecule has 6 heteroatoms. The summed E-state index contributed by atoms with van der Waals surface area (Å²) in [5.74, 6) is 1.18. The molecule has 1 fully saturated rings. The van der Waals surface area contributed by atoms with E-state index in [9.17, 15) is 4.79 Å². The molecule has 1 aromatic carbocycles. The lowest BCUT2D eigenvalue weighted by atomic mass is 9.88. The van der Waals surface area contributed by atoms with E-state index >= 15 is 0 Å². The minimum atomic E-state index is -0.173. The van der Waals surface area contributed by atoms with Crippen molar-refractivity contribution in [2.24, 2.45) is 5.73 Å². The third-order valence-electron chi connectivity index (χ3n) is 4.30. The fourth-order valence-corrected chi connectivity index (χ4v) is 3.57. The number of H-pyrrole nitrogens is 1. The number of nitrogens with one attached hydrogen (secondary N) is 1. The number of aromatic amines is 1. The number of rotatable bonds is 1. The Morgan fingerprint density at radius 2 is 2.00 bits per heavy atom. The smallest absolute Gasteiger partial charge is 0.294 e. The molecule has 2 heterocycles.